The van der Waals surface area contributed by atoms with Crippen molar-refractivity contribution >= 4 is 17.9 Å². The SMILES string of the molecule is CC(C)c1c(C=O)c(Cl)nn1Cc1ccccc1. The van der Waals surface area contributed by atoms with Gasteiger partial charge in [-0.1, -0.05) is 55.8 Å². The molecule has 4 heteroatoms. The molecule has 0 saturated heterocycles. The van der Waals surface area contributed by atoms with E-state index in [1.54, 1.807) is 0 Å². The first-order valence-corrected chi connectivity index (χ1v) is 6.26. The average Bonchev–Trinajstić information content (AvgIpc) is 2.66. The van der Waals surface area contributed by atoms with Gasteiger partial charge in [0.1, 0.15) is 0 Å². The summed E-state index contributed by atoms with van der Waals surface area (Å²) < 4.78 is 1.81. The standard InChI is InChI=1S/C14H15ClN2O/c1-10(2)13-12(9-18)14(15)16-17(13)8-11-6-4-3-5-7-11/h3-7,9-10H,8H2,1-2H3. The third-order valence-corrected chi connectivity index (χ3v) is 3.10. The molecule has 94 valence electrons. The molecule has 0 fully saturated rings. The van der Waals surface area contributed by atoms with Crippen molar-refractivity contribution < 1.29 is 4.79 Å². The van der Waals surface area contributed by atoms with Gasteiger partial charge in [-0.25, -0.2) is 0 Å². The quantitative estimate of drug-likeness (QED) is 0.790. The molecule has 0 amide bonds. The summed E-state index contributed by atoms with van der Waals surface area (Å²) in [5, 5.41) is 4.53. The maximum atomic E-state index is 11.1. The number of halogens is 1. The molecule has 1 heterocycles. The highest BCUT2D eigenvalue weighted by molar-refractivity contribution is 6.31. The zero-order valence-electron chi connectivity index (χ0n) is 10.4. The van der Waals surface area contributed by atoms with Crippen molar-refractivity contribution in [3.63, 3.8) is 0 Å². The van der Waals surface area contributed by atoms with E-state index >= 15 is 0 Å². The van der Waals surface area contributed by atoms with Crippen molar-refractivity contribution in [1.82, 2.24) is 9.78 Å². The molecule has 0 N–H and O–H groups in total. The highest BCUT2D eigenvalue weighted by atomic mass is 35.5. The second kappa shape index (κ2) is 5.36. The molecular formula is C14H15ClN2O. The third kappa shape index (κ3) is 2.46. The number of hydrogen-bond donors (Lipinski definition) is 0. The molecule has 0 atom stereocenters. The van der Waals surface area contributed by atoms with Gasteiger partial charge in [-0.15, -0.1) is 0 Å². The Morgan fingerprint density at radius 1 is 1.33 bits per heavy atom. The fraction of sp³-hybridized carbons (Fsp3) is 0.286. The normalized spacial score (nSPS) is 10.9. The third-order valence-electron chi connectivity index (χ3n) is 2.82. The molecule has 0 aliphatic rings. The maximum absolute atomic E-state index is 11.1. The second-order valence-electron chi connectivity index (χ2n) is 4.51. The Morgan fingerprint density at radius 2 is 2.00 bits per heavy atom. The van der Waals surface area contributed by atoms with Gasteiger partial charge in [-0.2, -0.15) is 5.10 Å². The van der Waals surface area contributed by atoms with Crippen LogP contribution in [-0.4, -0.2) is 16.1 Å². The van der Waals surface area contributed by atoms with Crippen LogP contribution in [0.2, 0.25) is 5.15 Å². The van der Waals surface area contributed by atoms with Crippen LogP contribution in [0.15, 0.2) is 30.3 Å². The van der Waals surface area contributed by atoms with E-state index in [1.165, 1.54) is 0 Å². The van der Waals surface area contributed by atoms with Gasteiger partial charge in [-0.3, -0.25) is 9.48 Å². The Bertz CT molecular complexity index is 546. The Kier molecular flexibility index (Phi) is 3.82. The number of rotatable bonds is 4. The van der Waals surface area contributed by atoms with E-state index in [9.17, 15) is 4.79 Å². The van der Waals surface area contributed by atoms with E-state index in [1.807, 2.05) is 48.9 Å². The lowest BCUT2D eigenvalue weighted by Crippen LogP contribution is -2.08. The van der Waals surface area contributed by atoms with E-state index in [-0.39, 0.29) is 11.1 Å². The van der Waals surface area contributed by atoms with Crippen LogP contribution in [0, 0.1) is 0 Å². The van der Waals surface area contributed by atoms with Crippen LogP contribution in [0.3, 0.4) is 0 Å². The maximum Gasteiger partial charge on any atom is 0.161 e. The molecular weight excluding hydrogens is 248 g/mol. The fourth-order valence-corrected chi connectivity index (χ4v) is 2.29. The summed E-state index contributed by atoms with van der Waals surface area (Å²) in [4.78, 5) is 11.1. The van der Waals surface area contributed by atoms with E-state index < -0.39 is 0 Å². The van der Waals surface area contributed by atoms with Crippen molar-refractivity contribution in [1.29, 1.82) is 0 Å². The molecule has 0 saturated carbocycles. The van der Waals surface area contributed by atoms with Gasteiger partial charge in [0.05, 0.1) is 17.8 Å². The molecule has 0 spiro atoms. The van der Waals surface area contributed by atoms with Crippen molar-refractivity contribution in [3.8, 4) is 0 Å². The van der Waals surface area contributed by atoms with Crippen LogP contribution in [0.5, 0.6) is 0 Å². The first-order valence-electron chi connectivity index (χ1n) is 5.88. The topological polar surface area (TPSA) is 34.9 Å². The second-order valence-corrected chi connectivity index (χ2v) is 4.86. The van der Waals surface area contributed by atoms with Crippen molar-refractivity contribution in [2.24, 2.45) is 0 Å². The van der Waals surface area contributed by atoms with E-state index in [4.69, 9.17) is 11.6 Å². The van der Waals surface area contributed by atoms with Crippen molar-refractivity contribution in [2.45, 2.75) is 26.3 Å². The smallest absolute Gasteiger partial charge is 0.161 e. The highest BCUT2D eigenvalue weighted by Crippen LogP contribution is 2.25. The summed E-state index contributed by atoms with van der Waals surface area (Å²) in [5.74, 6) is 0.203. The number of aromatic nitrogens is 2. The molecule has 1 aromatic heterocycles. The van der Waals surface area contributed by atoms with Crippen LogP contribution in [0.25, 0.3) is 0 Å². The summed E-state index contributed by atoms with van der Waals surface area (Å²) in [6, 6.07) is 9.99. The van der Waals surface area contributed by atoms with Gasteiger partial charge in [0, 0.05) is 0 Å². The van der Waals surface area contributed by atoms with Gasteiger partial charge in [0.15, 0.2) is 11.4 Å². The molecule has 2 aromatic rings. The van der Waals surface area contributed by atoms with Crippen LogP contribution < -0.4 is 0 Å². The summed E-state index contributed by atoms with van der Waals surface area (Å²) in [5.41, 5.74) is 2.53. The largest absolute Gasteiger partial charge is 0.298 e. The zero-order valence-corrected chi connectivity index (χ0v) is 11.2. The molecule has 0 aliphatic heterocycles. The van der Waals surface area contributed by atoms with Crippen molar-refractivity contribution in [3.05, 3.63) is 52.3 Å². The minimum absolute atomic E-state index is 0.203. The summed E-state index contributed by atoms with van der Waals surface area (Å²) in [7, 11) is 0. The Morgan fingerprint density at radius 3 is 2.56 bits per heavy atom. The predicted octanol–water partition coefficient (Wildman–Crippen LogP) is 3.52. The Hall–Kier alpha value is -1.61. The average molecular weight is 263 g/mol. The monoisotopic (exact) mass is 262 g/mol. The minimum Gasteiger partial charge on any atom is -0.298 e. The van der Waals surface area contributed by atoms with Gasteiger partial charge in [0.25, 0.3) is 0 Å². The number of nitrogens with zero attached hydrogens (tertiary/aromatic N) is 2. The summed E-state index contributed by atoms with van der Waals surface area (Å²) in [6.45, 7) is 4.69. The predicted molar refractivity (Wildman–Crippen MR) is 72.3 cm³/mol. The molecule has 18 heavy (non-hydrogen) atoms. The van der Waals surface area contributed by atoms with Gasteiger partial charge >= 0.3 is 0 Å². The number of carbonyl (C=O) groups excluding carboxylic acids is 1. The van der Waals surface area contributed by atoms with Crippen LogP contribution in [0.4, 0.5) is 0 Å². The van der Waals surface area contributed by atoms with Crippen molar-refractivity contribution in [2.75, 3.05) is 0 Å². The highest BCUT2D eigenvalue weighted by Gasteiger charge is 2.18. The van der Waals surface area contributed by atoms with Gasteiger partial charge in [-0.05, 0) is 11.5 Å². The number of carbonyl (C=O) groups is 1. The molecule has 0 unspecified atom stereocenters. The Labute approximate surface area is 111 Å². The van der Waals surface area contributed by atoms with E-state index in [0.717, 1.165) is 17.5 Å². The molecule has 1 aromatic carbocycles. The van der Waals surface area contributed by atoms with Crippen LogP contribution in [0.1, 0.15) is 41.4 Å². The first kappa shape index (κ1) is 12.8. The lowest BCUT2D eigenvalue weighted by molar-refractivity contribution is 0.112. The zero-order chi connectivity index (χ0) is 13.1. The molecule has 0 aliphatic carbocycles. The van der Waals surface area contributed by atoms with Crippen LogP contribution in [-0.2, 0) is 6.54 Å². The first-order chi connectivity index (χ1) is 8.63. The lowest BCUT2D eigenvalue weighted by Gasteiger charge is -2.10. The number of aldehydes is 1. The van der Waals surface area contributed by atoms with Gasteiger partial charge in [0.2, 0.25) is 0 Å². The van der Waals surface area contributed by atoms with Gasteiger partial charge < -0.3 is 0 Å². The Balaban J connectivity index is 2.42. The lowest BCUT2D eigenvalue weighted by atomic mass is 10.1. The number of benzene rings is 1. The van der Waals surface area contributed by atoms with E-state index in [0.29, 0.717) is 12.1 Å². The summed E-state index contributed by atoms with van der Waals surface area (Å²) in [6.07, 6.45) is 0.784. The molecule has 3 nitrogen and oxygen atoms in total. The molecule has 0 bridgehead atoms. The van der Waals surface area contributed by atoms with Crippen LogP contribution >= 0.6 is 11.6 Å². The molecule has 0 radical (unpaired) electrons. The number of hydrogen-bond acceptors (Lipinski definition) is 2. The molecule has 2 rings (SSSR count). The summed E-state index contributed by atoms with van der Waals surface area (Å²) >= 11 is 6.00. The van der Waals surface area contributed by atoms with E-state index in [2.05, 4.69) is 5.10 Å². The minimum atomic E-state index is 0.203. The fourth-order valence-electron chi connectivity index (χ4n) is 2.05.